The average Bonchev–Trinajstić information content (AvgIpc) is 3.63. The van der Waals surface area contributed by atoms with Crippen LogP contribution in [0.25, 0.3) is 27.9 Å². The SMILES string of the molecule is C=C[C@H]1[C@H](O[C@@H]2O[C@H](COC(=O)/C=C/c3ccc(OC(C)=O)c(OC)c3)[C@@H](OC(C)=O)[C@H](OC(C)=O)[C@H]2OC(C)=O)OC=C(C(=O)OC)[C@H]1Cc1nccc2c1[nH]c1ccccc12. The number of aromatic nitrogens is 2. The van der Waals surface area contributed by atoms with Crippen LogP contribution in [0.1, 0.15) is 39.0 Å². The first-order valence-corrected chi connectivity index (χ1v) is 19.7. The minimum atomic E-state index is -1.64. The Bertz CT molecular complexity index is 2460. The van der Waals surface area contributed by atoms with Crippen molar-refractivity contribution in [2.45, 2.75) is 71.1 Å². The minimum Gasteiger partial charge on any atom is -0.493 e. The van der Waals surface area contributed by atoms with Crippen molar-refractivity contribution in [2.75, 3.05) is 20.8 Å². The number of fused-ring (bicyclic) bond motifs is 3. The molecule has 1 saturated heterocycles. The highest BCUT2D eigenvalue weighted by molar-refractivity contribution is 6.07. The van der Waals surface area contributed by atoms with Gasteiger partial charge in [0.25, 0.3) is 0 Å². The van der Waals surface area contributed by atoms with E-state index < -0.39 is 91.3 Å². The largest absolute Gasteiger partial charge is 0.493 e. The highest BCUT2D eigenvalue weighted by atomic mass is 16.8. The second kappa shape index (κ2) is 20.2. The number of para-hydroxylation sites is 1. The van der Waals surface area contributed by atoms with Crippen LogP contribution in [0.4, 0.5) is 0 Å². The third-order valence-electron chi connectivity index (χ3n) is 10.1. The molecule has 1 fully saturated rings. The minimum absolute atomic E-state index is 0.155. The Morgan fingerprint density at radius 2 is 1.54 bits per heavy atom. The number of ether oxygens (including phenoxy) is 10. The van der Waals surface area contributed by atoms with Crippen molar-refractivity contribution in [1.29, 1.82) is 0 Å². The van der Waals surface area contributed by atoms with E-state index in [1.54, 1.807) is 12.3 Å². The molecule has 6 rings (SSSR count). The van der Waals surface area contributed by atoms with Crippen LogP contribution in [0.3, 0.4) is 0 Å². The number of pyridine rings is 1. The van der Waals surface area contributed by atoms with E-state index in [2.05, 4.69) is 16.5 Å². The number of carbonyl (C=O) groups excluding carboxylic acids is 6. The molecule has 0 spiro atoms. The normalized spacial score (nSPS) is 23.2. The number of nitrogens with one attached hydrogen (secondary N) is 1. The smallest absolute Gasteiger partial charge is 0.337 e. The number of hydrogen-bond acceptors (Lipinski definition) is 17. The highest BCUT2D eigenvalue weighted by Crippen LogP contribution is 2.39. The number of rotatable bonds is 15. The lowest BCUT2D eigenvalue weighted by Crippen LogP contribution is -2.63. The summed E-state index contributed by atoms with van der Waals surface area (Å²) < 4.78 is 56.6. The summed E-state index contributed by atoms with van der Waals surface area (Å²) in [6, 6.07) is 14.3. The maximum atomic E-state index is 13.2. The van der Waals surface area contributed by atoms with E-state index in [1.165, 1.54) is 51.7 Å². The predicted molar refractivity (Wildman–Crippen MR) is 220 cm³/mol. The Kier molecular flexibility index (Phi) is 14.6. The topological polar surface area (TPSA) is 223 Å². The van der Waals surface area contributed by atoms with E-state index in [0.717, 1.165) is 48.7 Å². The van der Waals surface area contributed by atoms with Crippen LogP contribution in [-0.4, -0.2) is 104 Å². The van der Waals surface area contributed by atoms with E-state index in [-0.39, 0.29) is 23.5 Å². The summed E-state index contributed by atoms with van der Waals surface area (Å²) in [5, 5.41) is 1.91. The molecule has 1 N–H and O–H groups in total. The molecule has 2 aliphatic heterocycles. The van der Waals surface area contributed by atoms with Crippen molar-refractivity contribution >= 4 is 63.7 Å². The molecular weight excluding hydrogens is 824 g/mol. The van der Waals surface area contributed by atoms with Gasteiger partial charge < -0.3 is 52.4 Å². The van der Waals surface area contributed by atoms with Gasteiger partial charge in [-0.15, -0.1) is 6.58 Å². The predicted octanol–water partition coefficient (Wildman–Crippen LogP) is 4.82. The summed E-state index contributed by atoms with van der Waals surface area (Å²) in [6.45, 7) is 7.97. The second-order valence-corrected chi connectivity index (χ2v) is 14.4. The molecule has 0 bridgehead atoms. The zero-order chi connectivity index (χ0) is 45.4. The third kappa shape index (κ3) is 10.7. The summed E-state index contributed by atoms with van der Waals surface area (Å²) >= 11 is 0. The molecule has 2 aliphatic rings. The molecule has 0 saturated carbocycles. The monoisotopic (exact) mass is 870 g/mol. The fourth-order valence-electron chi connectivity index (χ4n) is 7.51. The number of nitrogens with zero attached hydrogens (tertiary/aromatic N) is 1. The molecule has 8 atom stereocenters. The van der Waals surface area contributed by atoms with Crippen molar-refractivity contribution < 1.29 is 76.1 Å². The maximum Gasteiger partial charge on any atom is 0.337 e. The van der Waals surface area contributed by atoms with E-state index >= 15 is 0 Å². The maximum absolute atomic E-state index is 13.2. The standard InChI is InChI=1S/C45H46N2O16/c1-8-28-31(20-34-39-30(17-18-46-34)29-11-9-10-12-33(29)47-39)32(43(53)55-7)21-57-44(28)63-45-42(61-26(5)51)41(60-25(4)50)40(59-24(3)49)37(62-45)22-56-38(52)16-14-27-13-15-35(58-23(2)48)36(19-27)54-6/h8-19,21,28,31,37,40-42,44-45,47H,1,20,22H2,2-7H3/b16-14+/t28-,31+,37-,40-,41+,42-,44+,45+/m1/s1. The van der Waals surface area contributed by atoms with Gasteiger partial charge >= 0.3 is 35.8 Å². The Morgan fingerprint density at radius 1 is 0.825 bits per heavy atom. The Labute approximate surface area is 361 Å². The molecule has 332 valence electrons. The quantitative estimate of drug-likeness (QED) is 0.0556. The van der Waals surface area contributed by atoms with Crippen LogP contribution in [0.15, 0.2) is 85.3 Å². The van der Waals surface area contributed by atoms with E-state index in [4.69, 9.17) is 47.4 Å². The fourth-order valence-corrected chi connectivity index (χ4v) is 7.51. The molecule has 0 amide bonds. The fraction of sp³-hybridized carbons (Fsp3) is 0.356. The number of hydrogen-bond donors (Lipinski definition) is 1. The van der Waals surface area contributed by atoms with Gasteiger partial charge in [0.05, 0.1) is 37.3 Å². The van der Waals surface area contributed by atoms with Crippen molar-refractivity contribution in [1.82, 2.24) is 9.97 Å². The number of benzene rings is 2. The van der Waals surface area contributed by atoms with Gasteiger partial charge in [-0.25, -0.2) is 9.59 Å². The number of carbonyl (C=O) groups is 6. The van der Waals surface area contributed by atoms with Crippen LogP contribution in [-0.2, 0) is 73.1 Å². The Morgan fingerprint density at radius 3 is 2.22 bits per heavy atom. The third-order valence-corrected chi connectivity index (χ3v) is 10.1. The molecular formula is C45H46N2O16. The number of aromatic amines is 1. The molecule has 2 aromatic heterocycles. The number of H-pyrrole nitrogens is 1. The van der Waals surface area contributed by atoms with E-state index in [0.29, 0.717) is 11.3 Å². The molecule has 18 heteroatoms. The lowest BCUT2D eigenvalue weighted by atomic mass is 9.80. The number of methoxy groups -OCH3 is 2. The molecule has 0 radical (unpaired) electrons. The molecule has 4 heterocycles. The van der Waals surface area contributed by atoms with Crippen molar-refractivity contribution in [3.63, 3.8) is 0 Å². The molecule has 4 aromatic rings. The highest BCUT2D eigenvalue weighted by Gasteiger charge is 2.54. The van der Waals surface area contributed by atoms with Crippen LogP contribution >= 0.6 is 0 Å². The van der Waals surface area contributed by atoms with E-state index in [9.17, 15) is 28.8 Å². The summed E-state index contributed by atoms with van der Waals surface area (Å²) in [5.41, 5.74) is 2.91. The Balaban J connectivity index is 1.30. The van der Waals surface area contributed by atoms with Gasteiger partial charge in [0, 0.05) is 68.1 Å². The Hall–Kier alpha value is -7.05. The van der Waals surface area contributed by atoms with Crippen molar-refractivity contribution in [3.05, 3.63) is 96.6 Å². The van der Waals surface area contributed by atoms with Gasteiger partial charge in [0.1, 0.15) is 12.7 Å². The second-order valence-electron chi connectivity index (χ2n) is 14.4. The van der Waals surface area contributed by atoms with E-state index in [1.807, 2.05) is 30.3 Å². The van der Waals surface area contributed by atoms with Crippen LogP contribution < -0.4 is 9.47 Å². The summed E-state index contributed by atoms with van der Waals surface area (Å²) in [4.78, 5) is 83.5. The van der Waals surface area contributed by atoms with Crippen molar-refractivity contribution in [3.8, 4) is 11.5 Å². The van der Waals surface area contributed by atoms with Gasteiger partial charge in [-0.3, -0.25) is 24.2 Å². The van der Waals surface area contributed by atoms with Crippen LogP contribution in [0.2, 0.25) is 0 Å². The summed E-state index contributed by atoms with van der Waals surface area (Å²) in [7, 11) is 2.62. The lowest BCUT2D eigenvalue weighted by Gasteiger charge is -2.45. The van der Waals surface area contributed by atoms with Crippen LogP contribution in [0.5, 0.6) is 11.5 Å². The van der Waals surface area contributed by atoms with Gasteiger partial charge in [-0.2, -0.15) is 0 Å². The van der Waals surface area contributed by atoms with Crippen LogP contribution in [0, 0.1) is 11.8 Å². The zero-order valence-electron chi connectivity index (χ0n) is 35.2. The van der Waals surface area contributed by atoms with Gasteiger partial charge in [-0.1, -0.05) is 30.3 Å². The average molecular weight is 871 g/mol. The first-order valence-electron chi connectivity index (χ1n) is 19.7. The molecule has 63 heavy (non-hydrogen) atoms. The van der Waals surface area contributed by atoms with Gasteiger partial charge in [0.2, 0.25) is 12.6 Å². The lowest BCUT2D eigenvalue weighted by molar-refractivity contribution is -0.342. The summed E-state index contributed by atoms with van der Waals surface area (Å²) in [5.74, 6) is -5.72. The van der Waals surface area contributed by atoms with Crippen molar-refractivity contribution in [2.24, 2.45) is 11.8 Å². The molecule has 18 nitrogen and oxygen atoms in total. The first kappa shape index (κ1) is 45.5. The molecule has 0 aliphatic carbocycles. The molecule has 0 unspecified atom stereocenters. The molecule has 2 aromatic carbocycles. The zero-order valence-corrected chi connectivity index (χ0v) is 35.2. The first-order chi connectivity index (χ1) is 30.2. The van der Waals surface area contributed by atoms with Gasteiger partial charge in [0.15, 0.2) is 29.8 Å². The summed E-state index contributed by atoms with van der Waals surface area (Å²) in [6.07, 6.45) is -1.86. The van der Waals surface area contributed by atoms with Gasteiger partial charge in [-0.05, 0) is 42.3 Å². The number of esters is 6.